The minimum atomic E-state index is -1.23. The van der Waals surface area contributed by atoms with E-state index < -0.39 is 28.7 Å². The van der Waals surface area contributed by atoms with Crippen LogP contribution in [0.2, 0.25) is 0 Å². The summed E-state index contributed by atoms with van der Waals surface area (Å²) in [6, 6.07) is 8.07. The topological polar surface area (TPSA) is 98.5 Å². The number of nitrogens with one attached hydrogen (secondary N) is 1. The van der Waals surface area contributed by atoms with E-state index in [2.05, 4.69) is 10.1 Å². The molecule has 0 aromatic heterocycles. The van der Waals surface area contributed by atoms with Crippen molar-refractivity contribution in [2.75, 3.05) is 19.5 Å². The molecule has 0 heterocycles. The van der Waals surface area contributed by atoms with E-state index in [1.807, 2.05) is 6.07 Å². The molecule has 0 fully saturated rings. The molecule has 2 atom stereocenters. The molecule has 0 radical (unpaired) electrons. The molecule has 110 valence electrons. The Morgan fingerprint density at radius 2 is 2.00 bits per heavy atom. The molecule has 1 rings (SSSR count). The number of carbonyl (C=O) groups excluding carboxylic acids is 2. The van der Waals surface area contributed by atoms with Crippen molar-refractivity contribution in [1.82, 2.24) is 5.32 Å². The number of primary amides is 1. The van der Waals surface area contributed by atoms with Gasteiger partial charge in [0, 0.05) is 17.8 Å². The third-order valence-electron chi connectivity index (χ3n) is 2.55. The SMILES string of the molecule is COCC(=O)N[C@H](CC[S@@](=O)c1ccccc1)C(N)=O. The van der Waals surface area contributed by atoms with E-state index >= 15 is 0 Å². The highest BCUT2D eigenvalue weighted by Crippen LogP contribution is 2.07. The Morgan fingerprint density at radius 1 is 1.35 bits per heavy atom. The van der Waals surface area contributed by atoms with Crippen LogP contribution in [0, 0.1) is 0 Å². The lowest BCUT2D eigenvalue weighted by atomic mass is 10.2. The molecular formula is C13H18N2O4S. The van der Waals surface area contributed by atoms with E-state index in [-0.39, 0.29) is 18.8 Å². The molecule has 0 saturated heterocycles. The van der Waals surface area contributed by atoms with Gasteiger partial charge in [0.25, 0.3) is 0 Å². The number of methoxy groups -OCH3 is 1. The van der Waals surface area contributed by atoms with Crippen LogP contribution in [-0.4, -0.2) is 41.5 Å². The maximum atomic E-state index is 12.0. The number of hydrogen-bond acceptors (Lipinski definition) is 4. The largest absolute Gasteiger partial charge is 0.375 e. The summed E-state index contributed by atoms with van der Waals surface area (Å²) >= 11 is 0. The van der Waals surface area contributed by atoms with Crippen molar-refractivity contribution < 1.29 is 18.5 Å². The summed E-state index contributed by atoms with van der Waals surface area (Å²) in [5, 5.41) is 2.45. The molecule has 6 nitrogen and oxygen atoms in total. The van der Waals surface area contributed by atoms with E-state index in [0.29, 0.717) is 4.90 Å². The van der Waals surface area contributed by atoms with E-state index in [4.69, 9.17) is 5.73 Å². The second kappa shape index (κ2) is 8.44. The normalized spacial score (nSPS) is 13.4. The molecule has 0 unspecified atom stereocenters. The second-order valence-electron chi connectivity index (χ2n) is 4.11. The lowest BCUT2D eigenvalue weighted by Crippen LogP contribution is -2.46. The van der Waals surface area contributed by atoms with Crippen LogP contribution < -0.4 is 11.1 Å². The summed E-state index contributed by atoms with van der Waals surface area (Å²) in [7, 11) is 0.149. The molecule has 0 aliphatic carbocycles. The number of rotatable bonds is 8. The predicted molar refractivity (Wildman–Crippen MR) is 75.3 cm³/mol. The van der Waals surface area contributed by atoms with Crippen molar-refractivity contribution in [3.05, 3.63) is 30.3 Å². The van der Waals surface area contributed by atoms with Crippen LogP contribution in [0.25, 0.3) is 0 Å². The van der Waals surface area contributed by atoms with Gasteiger partial charge in [-0.3, -0.25) is 13.8 Å². The highest BCUT2D eigenvalue weighted by atomic mass is 32.2. The van der Waals surface area contributed by atoms with Crippen LogP contribution in [-0.2, 0) is 25.1 Å². The lowest BCUT2D eigenvalue weighted by molar-refractivity contribution is -0.129. The van der Waals surface area contributed by atoms with E-state index in [0.717, 1.165) is 0 Å². The zero-order valence-corrected chi connectivity index (χ0v) is 12.0. The van der Waals surface area contributed by atoms with Gasteiger partial charge in [0.15, 0.2) is 0 Å². The number of hydrogen-bond donors (Lipinski definition) is 2. The van der Waals surface area contributed by atoms with Gasteiger partial charge in [-0.2, -0.15) is 0 Å². The fraction of sp³-hybridized carbons (Fsp3) is 0.385. The first-order valence-electron chi connectivity index (χ1n) is 6.05. The number of benzene rings is 1. The summed E-state index contributed by atoms with van der Waals surface area (Å²) < 4.78 is 16.7. The summed E-state index contributed by atoms with van der Waals surface area (Å²) in [5.74, 6) is -0.841. The Morgan fingerprint density at radius 3 is 2.55 bits per heavy atom. The highest BCUT2D eigenvalue weighted by molar-refractivity contribution is 7.85. The summed E-state index contributed by atoms with van der Waals surface area (Å²) in [4.78, 5) is 23.3. The lowest BCUT2D eigenvalue weighted by Gasteiger charge is -2.14. The van der Waals surface area contributed by atoms with Gasteiger partial charge in [-0.15, -0.1) is 0 Å². The minimum Gasteiger partial charge on any atom is -0.375 e. The molecule has 7 heteroatoms. The van der Waals surface area contributed by atoms with Crippen molar-refractivity contribution in [2.45, 2.75) is 17.4 Å². The Kier molecular flexibility index (Phi) is 6.89. The van der Waals surface area contributed by atoms with Crippen LogP contribution in [0.15, 0.2) is 35.2 Å². The molecule has 2 amide bonds. The molecule has 0 spiro atoms. The van der Waals surface area contributed by atoms with Crippen LogP contribution in [0.3, 0.4) is 0 Å². The average Bonchev–Trinajstić information content (AvgIpc) is 2.44. The zero-order chi connectivity index (χ0) is 15.0. The zero-order valence-electron chi connectivity index (χ0n) is 11.2. The van der Waals surface area contributed by atoms with Gasteiger partial charge in [0.05, 0.1) is 10.8 Å². The standard InChI is InChI=1S/C13H18N2O4S/c1-19-9-12(16)15-11(13(14)17)7-8-20(18)10-5-3-2-4-6-10/h2-6,11H,7-9H2,1H3,(H2,14,17)(H,15,16)/t11-,20-/m1/s1. The van der Waals surface area contributed by atoms with Gasteiger partial charge < -0.3 is 15.8 Å². The Hall–Kier alpha value is -1.73. The van der Waals surface area contributed by atoms with Gasteiger partial charge in [0.2, 0.25) is 11.8 Å². The van der Waals surface area contributed by atoms with Crippen molar-refractivity contribution in [1.29, 1.82) is 0 Å². The Bertz CT molecular complexity index is 479. The average molecular weight is 298 g/mol. The molecule has 0 aliphatic rings. The molecule has 0 bridgehead atoms. The molecule has 3 N–H and O–H groups in total. The molecular weight excluding hydrogens is 280 g/mol. The summed E-state index contributed by atoms with van der Waals surface area (Å²) in [6.45, 7) is -0.147. The Balaban J connectivity index is 2.53. The maximum absolute atomic E-state index is 12.0. The van der Waals surface area contributed by atoms with Gasteiger partial charge in [-0.1, -0.05) is 18.2 Å². The van der Waals surface area contributed by atoms with Crippen molar-refractivity contribution in [3.63, 3.8) is 0 Å². The van der Waals surface area contributed by atoms with E-state index in [9.17, 15) is 13.8 Å². The van der Waals surface area contributed by atoms with Crippen molar-refractivity contribution in [2.24, 2.45) is 5.73 Å². The molecule has 0 aliphatic heterocycles. The van der Waals surface area contributed by atoms with Crippen LogP contribution in [0.5, 0.6) is 0 Å². The summed E-state index contributed by atoms with van der Waals surface area (Å²) in [5.41, 5.74) is 5.21. The number of carbonyl (C=O) groups is 2. The highest BCUT2D eigenvalue weighted by Gasteiger charge is 2.19. The first-order valence-corrected chi connectivity index (χ1v) is 7.37. The van der Waals surface area contributed by atoms with Crippen molar-refractivity contribution in [3.8, 4) is 0 Å². The molecule has 20 heavy (non-hydrogen) atoms. The number of nitrogens with two attached hydrogens (primary N) is 1. The first-order chi connectivity index (χ1) is 9.54. The number of ether oxygens (including phenoxy) is 1. The van der Waals surface area contributed by atoms with E-state index in [1.54, 1.807) is 24.3 Å². The van der Waals surface area contributed by atoms with Gasteiger partial charge >= 0.3 is 0 Å². The minimum absolute atomic E-state index is 0.147. The predicted octanol–water partition coefficient (Wildman–Crippen LogP) is -0.199. The fourth-order valence-electron chi connectivity index (χ4n) is 1.57. The smallest absolute Gasteiger partial charge is 0.246 e. The van der Waals surface area contributed by atoms with Crippen LogP contribution in [0.1, 0.15) is 6.42 Å². The van der Waals surface area contributed by atoms with E-state index in [1.165, 1.54) is 7.11 Å². The molecule has 0 saturated carbocycles. The van der Waals surface area contributed by atoms with Gasteiger partial charge in [-0.25, -0.2) is 0 Å². The van der Waals surface area contributed by atoms with Gasteiger partial charge in [0.1, 0.15) is 12.6 Å². The second-order valence-corrected chi connectivity index (χ2v) is 5.68. The van der Waals surface area contributed by atoms with Crippen molar-refractivity contribution >= 4 is 22.6 Å². The monoisotopic (exact) mass is 298 g/mol. The summed E-state index contributed by atoms with van der Waals surface area (Å²) in [6.07, 6.45) is 0.215. The Labute approximate surface area is 120 Å². The number of amides is 2. The quantitative estimate of drug-likeness (QED) is 0.694. The maximum Gasteiger partial charge on any atom is 0.246 e. The third kappa shape index (κ3) is 5.50. The van der Waals surface area contributed by atoms with Crippen LogP contribution in [0.4, 0.5) is 0 Å². The first kappa shape index (κ1) is 16.3. The third-order valence-corrected chi connectivity index (χ3v) is 3.96. The molecule has 1 aromatic carbocycles. The van der Waals surface area contributed by atoms with Crippen LogP contribution >= 0.6 is 0 Å². The van der Waals surface area contributed by atoms with Gasteiger partial charge in [-0.05, 0) is 18.6 Å². The molecule has 1 aromatic rings. The fourth-order valence-corrected chi connectivity index (χ4v) is 2.71.